The molecule has 0 saturated heterocycles. The summed E-state index contributed by atoms with van der Waals surface area (Å²) < 4.78 is 27.7. The largest absolute Gasteiger partial charge is 0.507 e. The number of rotatable bonds is 6. The Morgan fingerprint density at radius 3 is 2.37 bits per heavy atom. The molecule has 2 heterocycles. The molecule has 1 aliphatic carbocycles. The van der Waals surface area contributed by atoms with E-state index in [1.807, 2.05) is 12.1 Å². The summed E-state index contributed by atoms with van der Waals surface area (Å²) >= 11 is 0. The number of allylic oxidation sites excluding steroid dienone is 2. The van der Waals surface area contributed by atoms with Crippen LogP contribution >= 0.6 is 0 Å². The maximum absolute atomic E-state index is 13.8. The number of aliphatic hydroxyl groups is 1. The fraction of sp³-hybridized carbons (Fsp3) is 0.250. The predicted octanol–water partition coefficient (Wildman–Crippen LogP) is 6.00. The lowest BCUT2D eigenvalue weighted by Gasteiger charge is -2.42. The minimum absolute atomic E-state index is 0.0287. The van der Waals surface area contributed by atoms with Gasteiger partial charge in [0, 0.05) is 40.8 Å². The zero-order chi connectivity index (χ0) is 28.7. The third-order valence-electron chi connectivity index (χ3n) is 7.73. The Morgan fingerprint density at radius 2 is 1.63 bits per heavy atom. The number of ether oxygens (including phenoxy) is 5. The molecule has 0 radical (unpaired) electrons. The number of hydrogen-bond acceptors (Lipinski definition) is 8. The molecule has 2 aliphatic heterocycles. The lowest BCUT2D eigenvalue weighted by molar-refractivity contribution is -0.116. The molecule has 0 fully saturated rings. The summed E-state index contributed by atoms with van der Waals surface area (Å²) in [6.45, 7) is 0.107. The van der Waals surface area contributed by atoms with Gasteiger partial charge in [-0.3, -0.25) is 15.1 Å². The molecule has 3 aliphatic rings. The van der Waals surface area contributed by atoms with Crippen LogP contribution in [0.5, 0.6) is 28.7 Å². The molecular formula is C32H30N2O7. The third kappa shape index (κ3) is 4.43. The molecule has 2 N–H and O–H groups in total. The first-order valence-corrected chi connectivity index (χ1v) is 13.3. The predicted molar refractivity (Wildman–Crippen MR) is 153 cm³/mol. The average molecular weight is 555 g/mol. The summed E-state index contributed by atoms with van der Waals surface area (Å²) in [4.78, 5) is 15.5. The Labute approximate surface area is 237 Å². The Hall–Kier alpha value is -4.92. The molecule has 9 heteroatoms. The van der Waals surface area contributed by atoms with Crippen LogP contribution in [0.3, 0.4) is 0 Å². The van der Waals surface area contributed by atoms with E-state index in [-0.39, 0.29) is 29.7 Å². The molecule has 210 valence electrons. The number of carbonyl (C=O) groups is 1. The van der Waals surface area contributed by atoms with Gasteiger partial charge in [-0.15, -0.1) is 0 Å². The number of anilines is 1. The topological polar surface area (TPSA) is 111 Å². The average Bonchev–Trinajstić information content (AvgIpc) is 3.48. The summed E-state index contributed by atoms with van der Waals surface area (Å²) in [6, 6.07) is 17.8. The van der Waals surface area contributed by atoms with E-state index < -0.39 is 5.92 Å². The highest BCUT2D eigenvalue weighted by Gasteiger charge is 2.44. The SMILES string of the molecule is COc1ccc(C(O)=C2C(=N)N(c3cc(OC)ccc3OC)C3=C(C(=O)CCC3)[C@H]2c2ccc3c(c2)OCO3)cc1. The second-order valence-corrected chi connectivity index (χ2v) is 9.90. The highest BCUT2D eigenvalue weighted by molar-refractivity contribution is 6.20. The number of Topliss-reactive ketones (excluding diaryl/α,β-unsaturated/α-hetero) is 1. The van der Waals surface area contributed by atoms with Crippen molar-refractivity contribution < 1.29 is 33.6 Å². The number of nitrogens with one attached hydrogen (secondary N) is 1. The number of carbonyl (C=O) groups excluding carboxylic acids is 1. The number of methoxy groups -OCH3 is 3. The Balaban J connectivity index is 1.65. The van der Waals surface area contributed by atoms with Crippen molar-refractivity contribution in [1.29, 1.82) is 5.41 Å². The quantitative estimate of drug-likeness (QED) is 0.357. The van der Waals surface area contributed by atoms with Crippen LogP contribution in [0, 0.1) is 5.41 Å². The Bertz CT molecular complexity index is 1610. The van der Waals surface area contributed by atoms with Gasteiger partial charge in [0.2, 0.25) is 6.79 Å². The van der Waals surface area contributed by atoms with Crippen LogP contribution in [-0.4, -0.2) is 44.8 Å². The molecule has 0 saturated carbocycles. The van der Waals surface area contributed by atoms with Gasteiger partial charge in [-0.05, 0) is 66.9 Å². The van der Waals surface area contributed by atoms with E-state index in [1.165, 1.54) is 0 Å². The van der Waals surface area contributed by atoms with Gasteiger partial charge in [-0.25, -0.2) is 0 Å². The van der Waals surface area contributed by atoms with Gasteiger partial charge in [0.25, 0.3) is 0 Å². The normalized spacial score (nSPS) is 19.2. The number of nitrogens with zero attached hydrogens (tertiary/aromatic N) is 1. The van der Waals surface area contributed by atoms with Crippen LogP contribution in [-0.2, 0) is 4.79 Å². The number of hydrogen-bond donors (Lipinski definition) is 2. The van der Waals surface area contributed by atoms with Crippen LogP contribution in [0.2, 0.25) is 0 Å². The Morgan fingerprint density at radius 1 is 0.902 bits per heavy atom. The smallest absolute Gasteiger partial charge is 0.231 e. The van der Waals surface area contributed by atoms with Crippen molar-refractivity contribution in [2.45, 2.75) is 25.2 Å². The van der Waals surface area contributed by atoms with E-state index >= 15 is 0 Å². The van der Waals surface area contributed by atoms with Gasteiger partial charge < -0.3 is 28.8 Å². The van der Waals surface area contributed by atoms with Crippen LogP contribution in [0.25, 0.3) is 5.76 Å². The summed E-state index contributed by atoms with van der Waals surface area (Å²) in [6.07, 6.45) is 1.58. The van der Waals surface area contributed by atoms with Gasteiger partial charge in [0.15, 0.2) is 17.3 Å². The lowest BCUT2D eigenvalue weighted by atomic mass is 9.73. The van der Waals surface area contributed by atoms with Crippen LogP contribution in [0.15, 0.2) is 77.5 Å². The van der Waals surface area contributed by atoms with E-state index in [0.29, 0.717) is 76.1 Å². The van der Waals surface area contributed by atoms with E-state index in [0.717, 1.165) is 0 Å². The molecule has 0 spiro atoms. The fourth-order valence-corrected chi connectivity index (χ4v) is 5.76. The van der Waals surface area contributed by atoms with E-state index in [4.69, 9.17) is 23.7 Å². The molecule has 0 unspecified atom stereocenters. The molecule has 9 nitrogen and oxygen atoms in total. The molecule has 6 rings (SSSR count). The standard InChI is InChI=1S/C32H30N2O7/c1-37-20-10-7-18(8-11-20)31(36)30-28(19-9-13-26-27(15-19)41-17-40-26)29-22(5-4-6-24(29)35)34(32(30)33)23-16-21(38-2)12-14-25(23)39-3/h7-16,28,33,36H,4-6,17H2,1-3H3/t28-/m1/s1. The molecule has 41 heavy (non-hydrogen) atoms. The van der Waals surface area contributed by atoms with Gasteiger partial charge >= 0.3 is 0 Å². The Kier molecular flexibility index (Phi) is 6.78. The minimum Gasteiger partial charge on any atom is -0.507 e. The van der Waals surface area contributed by atoms with Crippen LogP contribution in [0.1, 0.15) is 36.3 Å². The van der Waals surface area contributed by atoms with E-state index in [9.17, 15) is 15.3 Å². The summed E-state index contributed by atoms with van der Waals surface area (Å²) in [5, 5.41) is 21.5. The summed E-state index contributed by atoms with van der Waals surface area (Å²) in [5.41, 5.74) is 3.27. The maximum Gasteiger partial charge on any atom is 0.231 e. The van der Waals surface area contributed by atoms with E-state index in [2.05, 4.69) is 0 Å². The second kappa shape index (κ2) is 10.6. The number of benzene rings is 3. The fourth-order valence-electron chi connectivity index (χ4n) is 5.76. The number of aliphatic hydroxyl groups excluding tert-OH is 1. The van der Waals surface area contributed by atoms with Crippen molar-refractivity contribution in [3.05, 3.63) is 88.6 Å². The highest BCUT2D eigenvalue weighted by atomic mass is 16.7. The number of amidine groups is 1. The van der Waals surface area contributed by atoms with Crippen molar-refractivity contribution >= 4 is 23.1 Å². The van der Waals surface area contributed by atoms with Crippen molar-refractivity contribution in [1.82, 2.24) is 0 Å². The zero-order valence-corrected chi connectivity index (χ0v) is 23.0. The number of fused-ring (bicyclic) bond motifs is 1. The first-order valence-electron chi connectivity index (χ1n) is 13.3. The summed E-state index contributed by atoms with van der Waals surface area (Å²) in [5.74, 6) is 2.04. The van der Waals surface area contributed by atoms with Crippen molar-refractivity contribution in [2.24, 2.45) is 0 Å². The molecule has 0 bridgehead atoms. The van der Waals surface area contributed by atoms with Gasteiger partial charge in [-0.2, -0.15) is 0 Å². The van der Waals surface area contributed by atoms with Crippen molar-refractivity contribution in [3.63, 3.8) is 0 Å². The highest BCUT2D eigenvalue weighted by Crippen LogP contribution is 2.51. The first kappa shape index (κ1) is 26.3. The lowest BCUT2D eigenvalue weighted by Crippen LogP contribution is -2.42. The summed E-state index contributed by atoms with van der Waals surface area (Å²) in [7, 11) is 4.70. The van der Waals surface area contributed by atoms with Crippen LogP contribution < -0.4 is 28.6 Å². The van der Waals surface area contributed by atoms with Gasteiger partial charge in [0.1, 0.15) is 28.8 Å². The molecule has 0 amide bonds. The van der Waals surface area contributed by atoms with E-state index in [1.54, 1.807) is 74.8 Å². The van der Waals surface area contributed by atoms with Gasteiger partial charge in [0.05, 0.1) is 27.0 Å². The number of ketones is 1. The second-order valence-electron chi connectivity index (χ2n) is 9.90. The molecule has 1 atom stereocenters. The third-order valence-corrected chi connectivity index (χ3v) is 7.73. The van der Waals surface area contributed by atoms with Crippen molar-refractivity contribution in [2.75, 3.05) is 33.0 Å². The minimum atomic E-state index is -0.713. The first-order chi connectivity index (χ1) is 19.9. The molecule has 0 aromatic heterocycles. The maximum atomic E-state index is 13.8. The van der Waals surface area contributed by atoms with Crippen LogP contribution in [0.4, 0.5) is 5.69 Å². The molecule has 3 aromatic rings. The van der Waals surface area contributed by atoms with Gasteiger partial charge in [-0.1, -0.05) is 6.07 Å². The monoisotopic (exact) mass is 554 g/mol. The molecule has 3 aromatic carbocycles. The molecular weight excluding hydrogens is 524 g/mol. The van der Waals surface area contributed by atoms with Crippen molar-refractivity contribution in [3.8, 4) is 28.7 Å². The zero-order valence-electron chi connectivity index (χ0n) is 23.0.